The van der Waals surface area contributed by atoms with Crippen LogP contribution >= 0.6 is 11.8 Å². The standard InChI is InChI=1S/C16H27N5OS/c1-2-3-8-23-15-20-13(17)9-14(21-15)19-12-10-16(22-11-12)4-6-18-7-5-16/h9,12,18H,2-8,10-11H2,1H3,(H3,17,19,20,21)/t12-/m0/s1. The molecule has 2 fully saturated rings. The number of ether oxygens (including phenoxy) is 1. The molecule has 0 aromatic carbocycles. The number of unbranched alkanes of at least 4 members (excludes halogenated alkanes) is 1. The van der Waals surface area contributed by atoms with Gasteiger partial charge in [-0.3, -0.25) is 0 Å². The molecule has 0 bridgehead atoms. The van der Waals surface area contributed by atoms with Gasteiger partial charge in [0.15, 0.2) is 5.16 Å². The number of hydrogen-bond donors (Lipinski definition) is 3. The highest BCUT2D eigenvalue weighted by atomic mass is 32.2. The first-order valence-corrected chi connectivity index (χ1v) is 9.56. The number of rotatable bonds is 6. The first-order valence-electron chi connectivity index (χ1n) is 8.58. The molecule has 1 aromatic heterocycles. The summed E-state index contributed by atoms with van der Waals surface area (Å²) in [5.74, 6) is 2.37. The van der Waals surface area contributed by atoms with Crippen LogP contribution in [0.15, 0.2) is 11.2 Å². The van der Waals surface area contributed by atoms with Gasteiger partial charge in [0.25, 0.3) is 0 Å². The van der Waals surface area contributed by atoms with Gasteiger partial charge in [-0.15, -0.1) is 0 Å². The van der Waals surface area contributed by atoms with Gasteiger partial charge < -0.3 is 21.1 Å². The number of anilines is 2. The summed E-state index contributed by atoms with van der Waals surface area (Å²) in [5, 5.41) is 7.65. The van der Waals surface area contributed by atoms with E-state index in [2.05, 4.69) is 27.5 Å². The molecule has 0 aliphatic carbocycles. The van der Waals surface area contributed by atoms with Crippen molar-refractivity contribution < 1.29 is 4.74 Å². The van der Waals surface area contributed by atoms with Crippen LogP contribution in [0.3, 0.4) is 0 Å². The summed E-state index contributed by atoms with van der Waals surface area (Å²) in [4.78, 5) is 8.91. The average molecular weight is 337 g/mol. The van der Waals surface area contributed by atoms with Gasteiger partial charge in [0.1, 0.15) is 11.6 Å². The first kappa shape index (κ1) is 16.8. The lowest BCUT2D eigenvalue weighted by Crippen LogP contribution is -2.41. The van der Waals surface area contributed by atoms with Crippen molar-refractivity contribution >= 4 is 23.4 Å². The lowest BCUT2D eigenvalue weighted by atomic mass is 9.88. The van der Waals surface area contributed by atoms with Crippen LogP contribution in [0.2, 0.25) is 0 Å². The second kappa shape index (κ2) is 7.68. The fraction of sp³-hybridized carbons (Fsp3) is 0.750. The third kappa shape index (κ3) is 4.49. The second-order valence-corrected chi connectivity index (χ2v) is 7.51. The zero-order chi connectivity index (χ0) is 16.1. The fourth-order valence-corrected chi connectivity index (χ4v) is 4.21. The molecular formula is C16H27N5OS. The van der Waals surface area contributed by atoms with E-state index in [-0.39, 0.29) is 5.60 Å². The number of hydrogen-bond acceptors (Lipinski definition) is 7. The molecule has 2 saturated heterocycles. The van der Waals surface area contributed by atoms with Gasteiger partial charge in [-0.1, -0.05) is 25.1 Å². The second-order valence-electron chi connectivity index (χ2n) is 6.45. The van der Waals surface area contributed by atoms with Gasteiger partial charge in [0, 0.05) is 11.8 Å². The van der Waals surface area contributed by atoms with Crippen LogP contribution in [0.5, 0.6) is 0 Å². The number of nitrogens with one attached hydrogen (secondary N) is 2. The van der Waals surface area contributed by atoms with Crippen molar-refractivity contribution in [1.29, 1.82) is 0 Å². The molecule has 4 N–H and O–H groups in total. The lowest BCUT2D eigenvalue weighted by Gasteiger charge is -2.32. The number of nitrogen functional groups attached to an aromatic ring is 1. The molecule has 6 nitrogen and oxygen atoms in total. The van der Waals surface area contributed by atoms with E-state index in [1.165, 1.54) is 12.8 Å². The smallest absolute Gasteiger partial charge is 0.191 e. The molecule has 2 aliphatic rings. The Morgan fingerprint density at radius 1 is 1.43 bits per heavy atom. The molecular weight excluding hydrogens is 310 g/mol. The summed E-state index contributed by atoms with van der Waals surface area (Å²) < 4.78 is 6.12. The van der Waals surface area contributed by atoms with E-state index in [4.69, 9.17) is 10.5 Å². The van der Waals surface area contributed by atoms with Gasteiger partial charge in [-0.05, 0) is 38.8 Å². The molecule has 0 saturated carbocycles. The maximum atomic E-state index is 6.12. The summed E-state index contributed by atoms with van der Waals surface area (Å²) in [6.07, 6.45) is 5.57. The van der Waals surface area contributed by atoms with E-state index in [1.807, 2.05) is 6.07 Å². The Hall–Kier alpha value is -1.05. The van der Waals surface area contributed by atoms with Crippen LogP contribution in [-0.2, 0) is 4.74 Å². The molecule has 2 aliphatic heterocycles. The van der Waals surface area contributed by atoms with Gasteiger partial charge >= 0.3 is 0 Å². The normalized spacial score (nSPS) is 23.3. The van der Waals surface area contributed by atoms with Gasteiger partial charge in [-0.2, -0.15) is 0 Å². The highest BCUT2D eigenvalue weighted by molar-refractivity contribution is 7.99. The van der Waals surface area contributed by atoms with Crippen LogP contribution in [-0.4, -0.2) is 47.1 Å². The molecule has 7 heteroatoms. The predicted molar refractivity (Wildman–Crippen MR) is 94.9 cm³/mol. The van der Waals surface area contributed by atoms with E-state index in [0.717, 1.165) is 55.7 Å². The maximum absolute atomic E-state index is 6.12. The Balaban J connectivity index is 1.59. The maximum Gasteiger partial charge on any atom is 0.191 e. The first-order chi connectivity index (χ1) is 11.2. The summed E-state index contributed by atoms with van der Waals surface area (Å²) in [6, 6.07) is 2.12. The third-order valence-corrected chi connectivity index (χ3v) is 5.46. The minimum atomic E-state index is 0.0558. The van der Waals surface area contributed by atoms with E-state index in [9.17, 15) is 0 Å². The topological polar surface area (TPSA) is 85.1 Å². The molecule has 3 rings (SSSR count). The molecule has 128 valence electrons. The molecule has 0 amide bonds. The molecule has 0 radical (unpaired) electrons. The molecule has 0 unspecified atom stereocenters. The monoisotopic (exact) mass is 337 g/mol. The minimum absolute atomic E-state index is 0.0558. The van der Waals surface area contributed by atoms with E-state index in [0.29, 0.717) is 11.9 Å². The highest BCUT2D eigenvalue weighted by Gasteiger charge is 2.41. The Morgan fingerprint density at radius 2 is 2.26 bits per heavy atom. The Morgan fingerprint density at radius 3 is 3.04 bits per heavy atom. The largest absolute Gasteiger partial charge is 0.383 e. The third-order valence-electron chi connectivity index (χ3n) is 4.53. The quantitative estimate of drug-likeness (QED) is 0.417. The molecule has 23 heavy (non-hydrogen) atoms. The summed E-state index contributed by atoms with van der Waals surface area (Å²) in [6.45, 7) is 5.02. The number of nitrogens with two attached hydrogens (primary N) is 1. The van der Waals surface area contributed by atoms with Crippen molar-refractivity contribution in [3.63, 3.8) is 0 Å². The minimum Gasteiger partial charge on any atom is -0.383 e. The van der Waals surface area contributed by atoms with Crippen LogP contribution in [0.25, 0.3) is 0 Å². The number of aromatic nitrogens is 2. The van der Waals surface area contributed by atoms with Crippen LogP contribution in [0.4, 0.5) is 11.6 Å². The van der Waals surface area contributed by atoms with Crippen molar-refractivity contribution in [2.75, 3.05) is 36.5 Å². The van der Waals surface area contributed by atoms with Gasteiger partial charge in [0.2, 0.25) is 0 Å². The lowest BCUT2D eigenvalue weighted by molar-refractivity contribution is -0.0192. The van der Waals surface area contributed by atoms with Crippen molar-refractivity contribution in [2.45, 2.75) is 55.8 Å². The molecule has 1 atom stereocenters. The Bertz CT molecular complexity index is 521. The zero-order valence-corrected chi connectivity index (χ0v) is 14.6. The van der Waals surface area contributed by atoms with E-state index < -0.39 is 0 Å². The van der Waals surface area contributed by atoms with E-state index in [1.54, 1.807) is 11.8 Å². The Labute approximate surface area is 142 Å². The van der Waals surface area contributed by atoms with Crippen molar-refractivity contribution in [3.05, 3.63) is 6.07 Å². The van der Waals surface area contributed by atoms with Gasteiger partial charge in [-0.25, -0.2) is 9.97 Å². The molecule has 1 spiro atoms. The number of thioether (sulfide) groups is 1. The fourth-order valence-electron chi connectivity index (χ4n) is 3.27. The van der Waals surface area contributed by atoms with Crippen molar-refractivity contribution in [2.24, 2.45) is 0 Å². The highest BCUT2D eigenvalue weighted by Crippen LogP contribution is 2.35. The average Bonchev–Trinajstić information content (AvgIpc) is 2.90. The predicted octanol–water partition coefficient (Wildman–Crippen LogP) is 2.27. The van der Waals surface area contributed by atoms with Crippen LogP contribution in [0, 0.1) is 0 Å². The van der Waals surface area contributed by atoms with Crippen molar-refractivity contribution in [3.8, 4) is 0 Å². The number of nitrogens with zero attached hydrogens (tertiary/aromatic N) is 2. The van der Waals surface area contributed by atoms with Crippen LogP contribution < -0.4 is 16.4 Å². The van der Waals surface area contributed by atoms with Crippen LogP contribution in [0.1, 0.15) is 39.0 Å². The van der Waals surface area contributed by atoms with Gasteiger partial charge in [0.05, 0.1) is 18.2 Å². The zero-order valence-electron chi connectivity index (χ0n) is 13.8. The summed E-state index contributed by atoms with van der Waals surface area (Å²) in [7, 11) is 0. The summed E-state index contributed by atoms with van der Waals surface area (Å²) in [5.41, 5.74) is 5.99. The number of piperidine rings is 1. The van der Waals surface area contributed by atoms with E-state index >= 15 is 0 Å². The Kier molecular flexibility index (Phi) is 5.61. The molecule has 3 heterocycles. The SMILES string of the molecule is CCCCSc1nc(N)cc(N[C@@H]2COC3(CCNCC3)C2)n1. The summed E-state index contributed by atoms with van der Waals surface area (Å²) >= 11 is 1.67. The molecule has 1 aromatic rings. The van der Waals surface area contributed by atoms with Crippen molar-refractivity contribution in [1.82, 2.24) is 15.3 Å².